The van der Waals surface area contributed by atoms with Gasteiger partial charge in [0.1, 0.15) is 0 Å². The van der Waals surface area contributed by atoms with Crippen LogP contribution in [0.3, 0.4) is 0 Å². The number of ketones is 1. The van der Waals surface area contributed by atoms with Gasteiger partial charge in [-0.15, -0.1) is 0 Å². The first kappa shape index (κ1) is 16.8. The molecule has 0 saturated carbocycles. The second kappa shape index (κ2) is 4.98. The zero-order chi connectivity index (χ0) is 16.9. The lowest BCUT2D eigenvalue weighted by atomic mass is 10.1. The van der Waals surface area contributed by atoms with Gasteiger partial charge in [-0.1, -0.05) is 46.0 Å². The maximum atomic E-state index is 12.6. The molecule has 0 bridgehead atoms. The fraction of sp³-hybridized carbons (Fsp3) is 0.438. The Labute approximate surface area is 129 Å². The third-order valence-electron chi connectivity index (χ3n) is 4.65. The van der Waals surface area contributed by atoms with Crippen molar-refractivity contribution in [1.82, 2.24) is 4.23 Å². The van der Waals surface area contributed by atoms with Crippen LogP contribution < -0.4 is 0 Å². The van der Waals surface area contributed by atoms with Gasteiger partial charge in [-0.05, 0) is 28.8 Å². The van der Waals surface area contributed by atoms with Gasteiger partial charge in [0.05, 0.1) is 0 Å². The second-order valence-electron chi connectivity index (χ2n) is 7.10. The summed E-state index contributed by atoms with van der Waals surface area (Å²) in [7, 11) is -1.97. The van der Waals surface area contributed by atoms with E-state index in [1.807, 2.05) is 12.3 Å². The van der Waals surface area contributed by atoms with Gasteiger partial charge in [0.25, 0.3) is 5.78 Å². The fourth-order valence-electron chi connectivity index (χ4n) is 2.28. The number of rotatable bonds is 2. The third kappa shape index (κ3) is 2.72. The predicted octanol–water partition coefficient (Wildman–Crippen LogP) is 5.24. The molecule has 1 aromatic heterocycles. The van der Waals surface area contributed by atoms with Crippen LogP contribution >= 0.6 is 0 Å². The van der Waals surface area contributed by atoms with Gasteiger partial charge in [-0.3, -0.25) is 4.79 Å². The van der Waals surface area contributed by atoms with E-state index in [0.717, 1.165) is 5.39 Å². The molecule has 0 N–H and O–H groups in total. The van der Waals surface area contributed by atoms with Gasteiger partial charge in [0.15, 0.2) is 8.24 Å². The van der Waals surface area contributed by atoms with Crippen molar-refractivity contribution in [3.05, 3.63) is 36.0 Å². The van der Waals surface area contributed by atoms with E-state index in [9.17, 15) is 18.0 Å². The van der Waals surface area contributed by atoms with Gasteiger partial charge in [0, 0.05) is 11.1 Å². The molecule has 0 radical (unpaired) electrons. The third-order valence-corrected chi connectivity index (χ3v) is 9.92. The molecule has 0 amide bonds. The molecule has 0 aliphatic rings. The first-order valence-corrected chi connectivity index (χ1v) is 10.0. The van der Waals surface area contributed by atoms with E-state index in [1.165, 1.54) is 12.1 Å². The summed E-state index contributed by atoms with van der Waals surface area (Å²) < 4.78 is 40.0. The number of fused-ring (bicyclic) bond motifs is 1. The molecule has 120 valence electrons. The molecule has 0 saturated heterocycles. The van der Waals surface area contributed by atoms with E-state index in [4.69, 9.17) is 0 Å². The van der Waals surface area contributed by atoms with Crippen LogP contribution in [0.25, 0.3) is 10.9 Å². The zero-order valence-corrected chi connectivity index (χ0v) is 14.4. The minimum atomic E-state index is -4.85. The Hall–Kier alpha value is -1.56. The van der Waals surface area contributed by atoms with E-state index >= 15 is 0 Å². The summed E-state index contributed by atoms with van der Waals surface area (Å²) in [6, 6.07) is 6.08. The van der Waals surface area contributed by atoms with Gasteiger partial charge in [-0.25, -0.2) is 0 Å². The van der Waals surface area contributed by atoms with Crippen LogP contribution in [0.4, 0.5) is 13.2 Å². The van der Waals surface area contributed by atoms with Crippen molar-refractivity contribution in [3.8, 4) is 0 Å². The van der Waals surface area contributed by atoms with Gasteiger partial charge < -0.3 is 4.23 Å². The highest BCUT2D eigenvalue weighted by Gasteiger charge is 2.40. The number of hydrogen-bond donors (Lipinski definition) is 0. The molecule has 1 aromatic carbocycles. The summed E-state index contributed by atoms with van der Waals surface area (Å²) in [4.78, 5) is 11.5. The average Bonchev–Trinajstić information content (AvgIpc) is 2.78. The number of carbonyl (C=O) groups excluding carboxylic acids is 1. The quantitative estimate of drug-likeness (QED) is 0.546. The molecule has 0 atom stereocenters. The summed E-state index contributed by atoms with van der Waals surface area (Å²) in [5.74, 6) is -1.79. The molecule has 2 rings (SSSR count). The molecular weight excluding hydrogens is 307 g/mol. The van der Waals surface area contributed by atoms with Crippen molar-refractivity contribution in [1.29, 1.82) is 0 Å². The Morgan fingerprint density at radius 3 is 2.18 bits per heavy atom. The number of benzene rings is 1. The predicted molar refractivity (Wildman–Crippen MR) is 84.9 cm³/mol. The van der Waals surface area contributed by atoms with Crippen molar-refractivity contribution in [3.63, 3.8) is 0 Å². The Morgan fingerprint density at radius 1 is 1.09 bits per heavy atom. The van der Waals surface area contributed by atoms with Crippen LogP contribution in [-0.4, -0.2) is 24.4 Å². The molecular formula is C16H20F3NOSi. The normalized spacial score (nSPS) is 13.6. The first-order valence-electron chi connectivity index (χ1n) is 7.09. The standard InChI is InChI=1S/C16H20F3NOSi/c1-15(2,3)22(4,5)20-9-8-11-6-7-12(10-13(11)20)14(21)16(17,18)19/h6-10H,1-5H3. The summed E-state index contributed by atoms with van der Waals surface area (Å²) in [6.45, 7) is 10.7. The lowest BCUT2D eigenvalue weighted by Gasteiger charge is -2.38. The molecule has 2 nitrogen and oxygen atoms in total. The van der Waals surface area contributed by atoms with Crippen LogP contribution in [0.1, 0.15) is 31.1 Å². The minimum Gasteiger partial charge on any atom is -0.374 e. The number of alkyl halides is 3. The highest BCUT2D eigenvalue weighted by atomic mass is 28.3. The van der Waals surface area contributed by atoms with Crippen LogP contribution in [0, 0.1) is 0 Å². The second-order valence-corrected chi connectivity index (χ2v) is 12.2. The molecule has 0 aliphatic heterocycles. The average molecular weight is 327 g/mol. The van der Waals surface area contributed by atoms with E-state index in [-0.39, 0.29) is 10.6 Å². The van der Waals surface area contributed by atoms with E-state index in [2.05, 4.69) is 38.1 Å². The fourth-order valence-corrected chi connectivity index (χ4v) is 4.25. The molecule has 22 heavy (non-hydrogen) atoms. The summed E-state index contributed by atoms with van der Waals surface area (Å²) in [5, 5.41) is 0.881. The number of nitrogens with zero attached hydrogens (tertiary/aromatic N) is 1. The van der Waals surface area contributed by atoms with Gasteiger partial charge in [0.2, 0.25) is 0 Å². The lowest BCUT2D eigenvalue weighted by molar-refractivity contribution is -0.0885. The highest BCUT2D eigenvalue weighted by molar-refractivity contribution is 6.79. The number of aromatic nitrogens is 1. The van der Waals surface area contributed by atoms with Crippen LogP contribution in [0.2, 0.25) is 18.1 Å². The van der Waals surface area contributed by atoms with Crippen molar-refractivity contribution in [2.75, 3.05) is 0 Å². The van der Waals surface area contributed by atoms with Gasteiger partial charge in [-0.2, -0.15) is 13.2 Å². The van der Waals surface area contributed by atoms with Crippen molar-refractivity contribution in [2.45, 2.75) is 45.1 Å². The molecule has 2 aromatic rings. The Kier molecular flexibility index (Phi) is 3.80. The zero-order valence-electron chi connectivity index (χ0n) is 13.4. The van der Waals surface area contributed by atoms with Crippen LogP contribution in [0.5, 0.6) is 0 Å². The van der Waals surface area contributed by atoms with Crippen LogP contribution in [-0.2, 0) is 0 Å². The highest BCUT2D eigenvalue weighted by Crippen LogP contribution is 2.39. The maximum absolute atomic E-state index is 12.6. The monoisotopic (exact) mass is 327 g/mol. The van der Waals surface area contributed by atoms with Crippen molar-refractivity contribution >= 4 is 24.9 Å². The summed E-state index contributed by atoms with van der Waals surface area (Å²) in [6.07, 6.45) is -2.92. The Balaban J connectivity index is 2.63. The van der Waals surface area contributed by atoms with Gasteiger partial charge >= 0.3 is 6.18 Å². The first-order chi connectivity index (χ1) is 9.85. The minimum absolute atomic E-state index is 0.0307. The molecule has 6 heteroatoms. The van der Waals surface area contributed by atoms with E-state index < -0.39 is 20.2 Å². The van der Waals surface area contributed by atoms with Crippen LogP contribution in [0.15, 0.2) is 30.5 Å². The number of carbonyl (C=O) groups is 1. The SMILES string of the molecule is CC(C)(C)[Si](C)(C)n1ccc2ccc(C(=O)C(F)(F)F)cc21. The van der Waals surface area contributed by atoms with E-state index in [1.54, 1.807) is 6.07 Å². The summed E-state index contributed by atoms with van der Waals surface area (Å²) >= 11 is 0. The number of hydrogen-bond acceptors (Lipinski definition) is 1. The molecule has 0 unspecified atom stereocenters. The summed E-state index contributed by atoms with van der Waals surface area (Å²) in [5.41, 5.74) is 0.389. The number of Topliss-reactive ketones (excluding diaryl/α,β-unsaturated/α-hetero) is 1. The lowest BCUT2D eigenvalue weighted by Crippen LogP contribution is -2.44. The molecule has 1 heterocycles. The largest absolute Gasteiger partial charge is 0.454 e. The topological polar surface area (TPSA) is 22.0 Å². The smallest absolute Gasteiger partial charge is 0.374 e. The molecule has 0 fully saturated rings. The molecule has 0 aliphatic carbocycles. The van der Waals surface area contributed by atoms with Crippen molar-refractivity contribution < 1.29 is 18.0 Å². The Morgan fingerprint density at radius 2 is 1.68 bits per heavy atom. The van der Waals surface area contributed by atoms with E-state index in [0.29, 0.717) is 5.52 Å². The van der Waals surface area contributed by atoms with Crippen molar-refractivity contribution in [2.24, 2.45) is 0 Å². The number of halogens is 3. The maximum Gasteiger partial charge on any atom is 0.454 e. The Bertz CT molecular complexity index is 723. The molecule has 0 spiro atoms.